The van der Waals surface area contributed by atoms with Crippen LogP contribution in [-0.2, 0) is 9.59 Å². The van der Waals surface area contributed by atoms with Crippen LogP contribution in [0.5, 0.6) is 0 Å². The Morgan fingerprint density at radius 1 is 0.970 bits per heavy atom. The Hall–Kier alpha value is -1.77. The van der Waals surface area contributed by atoms with E-state index in [1.54, 1.807) is 0 Å². The number of hydrogen-bond donors (Lipinski definition) is 4. The lowest BCUT2D eigenvalue weighted by atomic mass is 9.77. The van der Waals surface area contributed by atoms with Crippen molar-refractivity contribution >= 4 is 17.6 Å². The molecule has 1 saturated heterocycles. The quantitative estimate of drug-likeness (QED) is 0.354. The van der Waals surface area contributed by atoms with Crippen LogP contribution in [0.4, 0.5) is 8.78 Å². The first-order chi connectivity index (χ1) is 15.6. The second kappa shape index (κ2) is 9.84. The largest absolute Gasteiger partial charge is 0.387 e. The Balaban J connectivity index is 1.46. The van der Waals surface area contributed by atoms with Crippen LogP contribution in [0.3, 0.4) is 0 Å². The van der Waals surface area contributed by atoms with E-state index in [0.717, 1.165) is 57.9 Å². The average Bonchev–Trinajstić information content (AvgIpc) is 3.13. The van der Waals surface area contributed by atoms with Gasteiger partial charge in [0.15, 0.2) is 0 Å². The van der Waals surface area contributed by atoms with Gasteiger partial charge in [0.25, 0.3) is 0 Å². The SMILES string of the molecule is N=C(N)C1CCC2CC(C(=O)NC3CCC(F)(F)CC3)N(CC3CCCC(C(N)=O)C3)C2C1. The zero-order valence-corrected chi connectivity index (χ0v) is 19.4. The molecular formula is C24H39F2N5O2. The lowest BCUT2D eigenvalue weighted by Crippen LogP contribution is -2.52. The van der Waals surface area contributed by atoms with Gasteiger partial charge in [0.1, 0.15) is 0 Å². The molecule has 7 nitrogen and oxygen atoms in total. The third kappa shape index (κ3) is 5.66. The van der Waals surface area contributed by atoms with Crippen LogP contribution in [-0.4, -0.2) is 53.1 Å². The molecule has 6 unspecified atom stereocenters. The molecule has 186 valence electrons. The Bertz CT molecular complexity index is 753. The minimum Gasteiger partial charge on any atom is -0.387 e. The van der Waals surface area contributed by atoms with Gasteiger partial charge in [-0.2, -0.15) is 0 Å². The summed E-state index contributed by atoms with van der Waals surface area (Å²) < 4.78 is 27.1. The van der Waals surface area contributed by atoms with Crippen molar-refractivity contribution in [2.75, 3.05) is 6.54 Å². The van der Waals surface area contributed by atoms with Gasteiger partial charge in [-0.15, -0.1) is 0 Å². The molecule has 1 heterocycles. The lowest BCUT2D eigenvalue weighted by Gasteiger charge is -2.40. The Labute approximate surface area is 194 Å². The number of fused-ring (bicyclic) bond motifs is 1. The van der Waals surface area contributed by atoms with Gasteiger partial charge in [-0.05, 0) is 69.6 Å². The van der Waals surface area contributed by atoms with Gasteiger partial charge in [-0.3, -0.25) is 19.9 Å². The van der Waals surface area contributed by atoms with Crippen molar-refractivity contribution < 1.29 is 18.4 Å². The fourth-order valence-corrected chi connectivity index (χ4v) is 6.84. The van der Waals surface area contributed by atoms with Crippen molar-refractivity contribution in [2.45, 2.75) is 101 Å². The third-order valence-corrected chi connectivity index (χ3v) is 8.77. The minimum absolute atomic E-state index is 0.0425. The molecule has 4 fully saturated rings. The maximum atomic E-state index is 13.5. The van der Waals surface area contributed by atoms with Crippen LogP contribution in [0.2, 0.25) is 0 Å². The molecule has 0 aromatic heterocycles. The summed E-state index contributed by atoms with van der Waals surface area (Å²) in [5.41, 5.74) is 11.4. The molecule has 6 atom stereocenters. The van der Waals surface area contributed by atoms with Gasteiger partial charge in [-0.1, -0.05) is 6.42 Å². The number of primary amides is 1. The van der Waals surface area contributed by atoms with Crippen molar-refractivity contribution in [1.29, 1.82) is 5.41 Å². The van der Waals surface area contributed by atoms with Gasteiger partial charge in [0, 0.05) is 43.3 Å². The Kier molecular flexibility index (Phi) is 7.26. The fourth-order valence-electron chi connectivity index (χ4n) is 6.84. The number of hydrogen-bond acceptors (Lipinski definition) is 4. The number of rotatable bonds is 6. The van der Waals surface area contributed by atoms with E-state index in [4.69, 9.17) is 16.9 Å². The van der Waals surface area contributed by atoms with Crippen LogP contribution in [0, 0.1) is 29.1 Å². The van der Waals surface area contributed by atoms with E-state index in [9.17, 15) is 18.4 Å². The molecule has 9 heteroatoms. The van der Waals surface area contributed by atoms with Gasteiger partial charge in [0.05, 0.1) is 11.9 Å². The zero-order chi connectivity index (χ0) is 23.8. The Morgan fingerprint density at radius 3 is 2.36 bits per heavy atom. The summed E-state index contributed by atoms with van der Waals surface area (Å²) in [4.78, 5) is 27.5. The topological polar surface area (TPSA) is 125 Å². The van der Waals surface area contributed by atoms with Crippen molar-refractivity contribution in [3.63, 3.8) is 0 Å². The summed E-state index contributed by atoms with van der Waals surface area (Å²) in [6.45, 7) is 0.733. The van der Waals surface area contributed by atoms with E-state index < -0.39 is 5.92 Å². The lowest BCUT2D eigenvalue weighted by molar-refractivity contribution is -0.128. The molecule has 0 radical (unpaired) electrons. The third-order valence-electron chi connectivity index (χ3n) is 8.77. The molecule has 6 N–H and O–H groups in total. The highest BCUT2D eigenvalue weighted by Gasteiger charge is 2.48. The number of amidine groups is 1. The summed E-state index contributed by atoms with van der Waals surface area (Å²) in [5.74, 6) is -2.07. The highest BCUT2D eigenvalue weighted by molar-refractivity contribution is 5.83. The monoisotopic (exact) mass is 467 g/mol. The van der Waals surface area contributed by atoms with Gasteiger partial charge in [0.2, 0.25) is 17.7 Å². The molecule has 0 aromatic carbocycles. The van der Waals surface area contributed by atoms with Crippen molar-refractivity contribution in [2.24, 2.45) is 35.1 Å². The first-order valence-electron chi connectivity index (χ1n) is 12.7. The fraction of sp³-hybridized carbons (Fsp3) is 0.875. The molecule has 0 bridgehead atoms. The van der Waals surface area contributed by atoms with Crippen LogP contribution in [0.25, 0.3) is 0 Å². The summed E-state index contributed by atoms with van der Waals surface area (Å²) in [6.07, 6.45) is 7.21. The number of nitrogens with one attached hydrogen (secondary N) is 2. The van der Waals surface area contributed by atoms with E-state index in [2.05, 4.69) is 10.2 Å². The molecule has 4 aliphatic rings. The zero-order valence-electron chi connectivity index (χ0n) is 19.4. The van der Waals surface area contributed by atoms with E-state index >= 15 is 0 Å². The Morgan fingerprint density at radius 2 is 1.70 bits per heavy atom. The van der Waals surface area contributed by atoms with Crippen molar-refractivity contribution in [3.8, 4) is 0 Å². The molecule has 3 aliphatic carbocycles. The highest BCUT2D eigenvalue weighted by atomic mass is 19.3. The van der Waals surface area contributed by atoms with E-state index in [1.807, 2.05) is 0 Å². The van der Waals surface area contributed by atoms with Crippen LogP contribution in [0.1, 0.15) is 77.0 Å². The average molecular weight is 468 g/mol. The smallest absolute Gasteiger partial charge is 0.248 e. The maximum Gasteiger partial charge on any atom is 0.248 e. The number of carbonyl (C=O) groups is 2. The number of alkyl halides is 2. The number of halogens is 2. The number of carbonyl (C=O) groups excluding carboxylic acids is 2. The summed E-state index contributed by atoms with van der Waals surface area (Å²) in [6, 6.07) is -0.296. The normalized spacial score (nSPS) is 37.3. The number of nitrogens with two attached hydrogens (primary N) is 2. The first-order valence-corrected chi connectivity index (χ1v) is 12.7. The van der Waals surface area contributed by atoms with Gasteiger partial charge >= 0.3 is 0 Å². The van der Waals surface area contributed by atoms with Crippen molar-refractivity contribution in [3.05, 3.63) is 0 Å². The number of nitrogens with zero attached hydrogens (tertiary/aromatic N) is 1. The number of amides is 2. The predicted octanol–water partition coefficient (Wildman–Crippen LogP) is 2.77. The van der Waals surface area contributed by atoms with E-state index in [1.165, 1.54) is 0 Å². The molecular weight excluding hydrogens is 428 g/mol. The molecule has 33 heavy (non-hydrogen) atoms. The van der Waals surface area contributed by atoms with Crippen molar-refractivity contribution in [1.82, 2.24) is 10.2 Å². The molecule has 0 aromatic rings. The van der Waals surface area contributed by atoms with Crippen LogP contribution in [0.15, 0.2) is 0 Å². The summed E-state index contributed by atoms with van der Waals surface area (Å²) in [5, 5.41) is 11.0. The minimum atomic E-state index is -2.62. The highest BCUT2D eigenvalue weighted by Crippen LogP contribution is 2.43. The van der Waals surface area contributed by atoms with Gasteiger partial charge < -0.3 is 16.8 Å². The molecule has 0 spiro atoms. The molecule has 3 saturated carbocycles. The van der Waals surface area contributed by atoms with E-state index in [-0.39, 0.29) is 60.5 Å². The van der Waals surface area contributed by atoms with Crippen LogP contribution >= 0.6 is 0 Å². The first kappa shape index (κ1) is 24.4. The second-order valence-corrected chi connectivity index (χ2v) is 11.0. The maximum absolute atomic E-state index is 13.5. The molecule has 2 amide bonds. The van der Waals surface area contributed by atoms with Gasteiger partial charge in [-0.25, -0.2) is 8.78 Å². The summed E-state index contributed by atoms with van der Waals surface area (Å²) >= 11 is 0. The molecule has 1 aliphatic heterocycles. The molecule has 4 rings (SSSR count). The standard InChI is InChI=1S/C24H39F2N5O2/c25-24(26)8-6-18(7-9-24)30-23(33)20-11-15-4-5-16(21(27)28)12-19(15)31(20)13-14-2-1-3-17(10-14)22(29)32/h14-20H,1-13H2,(H3,27,28)(H2,29,32)(H,30,33). The number of likely N-dealkylation sites (tertiary alicyclic amines) is 1. The van der Waals surface area contributed by atoms with E-state index in [0.29, 0.717) is 24.7 Å². The summed E-state index contributed by atoms with van der Waals surface area (Å²) in [7, 11) is 0. The van der Waals surface area contributed by atoms with Crippen LogP contribution < -0.4 is 16.8 Å². The predicted molar refractivity (Wildman–Crippen MR) is 122 cm³/mol. The second-order valence-electron chi connectivity index (χ2n) is 11.0.